The van der Waals surface area contributed by atoms with Crippen molar-refractivity contribution in [2.24, 2.45) is 5.92 Å². The molecule has 1 N–H and O–H groups in total. The molecule has 116 valence electrons. The molecule has 0 aliphatic carbocycles. The SMILES string of the molecule is Cc1c(Cl)cccc1NC(=O)c1ccc(=O)n(CC(C)C)n1. The molecule has 0 aliphatic heterocycles. The lowest BCUT2D eigenvalue weighted by Crippen LogP contribution is -2.27. The highest BCUT2D eigenvalue weighted by Gasteiger charge is 2.12. The number of amides is 1. The first-order valence-corrected chi connectivity index (χ1v) is 7.41. The van der Waals surface area contributed by atoms with Crippen LogP contribution in [-0.4, -0.2) is 15.7 Å². The molecule has 1 aromatic heterocycles. The summed E-state index contributed by atoms with van der Waals surface area (Å²) in [4.78, 5) is 24.0. The van der Waals surface area contributed by atoms with Gasteiger partial charge in [-0.2, -0.15) is 5.10 Å². The van der Waals surface area contributed by atoms with E-state index in [2.05, 4.69) is 10.4 Å². The molecular formula is C16H18ClN3O2. The third-order valence-electron chi connectivity index (χ3n) is 3.15. The van der Waals surface area contributed by atoms with E-state index in [1.165, 1.54) is 16.8 Å². The largest absolute Gasteiger partial charge is 0.320 e. The lowest BCUT2D eigenvalue weighted by Gasteiger charge is -2.11. The molecule has 6 heteroatoms. The number of hydrogen-bond acceptors (Lipinski definition) is 3. The first-order chi connectivity index (χ1) is 10.4. The van der Waals surface area contributed by atoms with Crippen LogP contribution < -0.4 is 10.9 Å². The molecule has 2 rings (SSSR count). The summed E-state index contributed by atoms with van der Waals surface area (Å²) in [6.07, 6.45) is 0. The first kappa shape index (κ1) is 16.2. The van der Waals surface area contributed by atoms with Crippen LogP contribution in [0.1, 0.15) is 29.9 Å². The summed E-state index contributed by atoms with van der Waals surface area (Å²) in [6.45, 7) is 6.26. The standard InChI is InChI=1S/C16H18ClN3O2/c1-10(2)9-20-15(21)8-7-14(19-20)16(22)18-13-6-4-5-12(17)11(13)3/h4-8,10H,9H2,1-3H3,(H,18,22). The molecule has 5 nitrogen and oxygen atoms in total. The summed E-state index contributed by atoms with van der Waals surface area (Å²) >= 11 is 6.03. The maximum atomic E-state index is 12.3. The number of nitrogens with zero attached hydrogens (tertiary/aromatic N) is 2. The van der Waals surface area contributed by atoms with E-state index >= 15 is 0 Å². The van der Waals surface area contributed by atoms with Gasteiger partial charge in [-0.3, -0.25) is 9.59 Å². The molecule has 22 heavy (non-hydrogen) atoms. The molecule has 0 unspecified atom stereocenters. The van der Waals surface area contributed by atoms with Crippen molar-refractivity contribution >= 4 is 23.2 Å². The highest BCUT2D eigenvalue weighted by Crippen LogP contribution is 2.23. The maximum absolute atomic E-state index is 12.3. The van der Waals surface area contributed by atoms with Gasteiger partial charge in [0.15, 0.2) is 0 Å². The Labute approximate surface area is 133 Å². The number of anilines is 1. The summed E-state index contributed by atoms with van der Waals surface area (Å²) in [7, 11) is 0. The van der Waals surface area contributed by atoms with Crippen LogP contribution in [0.15, 0.2) is 35.1 Å². The monoisotopic (exact) mass is 319 g/mol. The molecule has 0 radical (unpaired) electrons. The average molecular weight is 320 g/mol. The van der Waals surface area contributed by atoms with Gasteiger partial charge in [0.2, 0.25) is 0 Å². The number of halogens is 1. The molecule has 1 amide bonds. The topological polar surface area (TPSA) is 64.0 Å². The van der Waals surface area contributed by atoms with Gasteiger partial charge in [-0.05, 0) is 36.6 Å². The van der Waals surface area contributed by atoms with Crippen LogP contribution >= 0.6 is 11.6 Å². The summed E-state index contributed by atoms with van der Waals surface area (Å²) in [5.41, 5.74) is 1.39. The van der Waals surface area contributed by atoms with Crippen molar-refractivity contribution in [3.05, 3.63) is 57.0 Å². The maximum Gasteiger partial charge on any atom is 0.276 e. The Bertz CT molecular complexity index is 753. The van der Waals surface area contributed by atoms with Crippen molar-refractivity contribution < 1.29 is 4.79 Å². The van der Waals surface area contributed by atoms with Crippen LogP contribution in [0.3, 0.4) is 0 Å². The van der Waals surface area contributed by atoms with E-state index in [-0.39, 0.29) is 23.1 Å². The average Bonchev–Trinajstić information content (AvgIpc) is 2.45. The van der Waals surface area contributed by atoms with E-state index in [4.69, 9.17) is 11.6 Å². The number of hydrogen-bond donors (Lipinski definition) is 1. The Balaban J connectivity index is 2.26. The van der Waals surface area contributed by atoms with Crippen molar-refractivity contribution in [2.45, 2.75) is 27.3 Å². The number of rotatable bonds is 4. The Kier molecular flexibility index (Phi) is 4.98. The summed E-state index contributed by atoms with van der Waals surface area (Å²) < 4.78 is 1.31. The molecule has 2 aromatic rings. The summed E-state index contributed by atoms with van der Waals surface area (Å²) in [5, 5.41) is 7.47. The van der Waals surface area contributed by atoms with Crippen molar-refractivity contribution in [2.75, 3.05) is 5.32 Å². The molecule has 1 heterocycles. The number of aromatic nitrogens is 2. The molecule has 0 fully saturated rings. The van der Waals surface area contributed by atoms with Gasteiger partial charge >= 0.3 is 0 Å². The lowest BCUT2D eigenvalue weighted by atomic mass is 10.2. The van der Waals surface area contributed by atoms with E-state index < -0.39 is 0 Å². The smallest absolute Gasteiger partial charge is 0.276 e. The van der Waals surface area contributed by atoms with Gasteiger partial charge in [-0.25, -0.2) is 4.68 Å². The number of carbonyl (C=O) groups excluding carboxylic acids is 1. The van der Waals surface area contributed by atoms with Crippen LogP contribution in [0, 0.1) is 12.8 Å². The lowest BCUT2D eigenvalue weighted by molar-refractivity contribution is 0.101. The number of nitrogens with one attached hydrogen (secondary N) is 1. The minimum atomic E-state index is -0.372. The van der Waals surface area contributed by atoms with Crippen molar-refractivity contribution in [3.63, 3.8) is 0 Å². The molecular weight excluding hydrogens is 302 g/mol. The van der Waals surface area contributed by atoms with E-state index in [1.54, 1.807) is 18.2 Å². The van der Waals surface area contributed by atoms with Crippen LogP contribution in [0.5, 0.6) is 0 Å². The minimum absolute atomic E-state index is 0.194. The van der Waals surface area contributed by atoms with E-state index in [9.17, 15) is 9.59 Å². The Hall–Kier alpha value is -2.14. The third-order valence-corrected chi connectivity index (χ3v) is 3.56. The van der Waals surface area contributed by atoms with E-state index in [1.807, 2.05) is 20.8 Å². The van der Waals surface area contributed by atoms with Gasteiger partial charge in [-0.15, -0.1) is 0 Å². The summed E-state index contributed by atoms with van der Waals surface area (Å²) in [5.74, 6) is -0.110. The van der Waals surface area contributed by atoms with Gasteiger partial charge in [-0.1, -0.05) is 31.5 Å². The zero-order valence-corrected chi connectivity index (χ0v) is 13.5. The van der Waals surface area contributed by atoms with Gasteiger partial charge in [0.25, 0.3) is 11.5 Å². The molecule has 0 spiro atoms. The second-order valence-electron chi connectivity index (χ2n) is 5.50. The van der Waals surface area contributed by atoms with Gasteiger partial charge in [0.1, 0.15) is 5.69 Å². The first-order valence-electron chi connectivity index (χ1n) is 7.03. The fourth-order valence-electron chi connectivity index (χ4n) is 1.98. The molecule has 0 bridgehead atoms. The normalized spacial score (nSPS) is 10.8. The molecule has 0 saturated heterocycles. The van der Waals surface area contributed by atoms with Crippen molar-refractivity contribution in [1.82, 2.24) is 9.78 Å². The molecule has 0 aliphatic rings. The predicted octanol–water partition coefficient (Wildman–Crippen LogP) is 3.11. The molecule has 1 aromatic carbocycles. The minimum Gasteiger partial charge on any atom is -0.320 e. The molecule has 0 saturated carbocycles. The van der Waals surface area contributed by atoms with E-state index in [0.29, 0.717) is 17.3 Å². The van der Waals surface area contributed by atoms with Crippen LogP contribution in [0.4, 0.5) is 5.69 Å². The van der Waals surface area contributed by atoms with E-state index in [0.717, 1.165) is 5.56 Å². The Morgan fingerprint density at radius 2 is 2.05 bits per heavy atom. The van der Waals surface area contributed by atoms with Crippen LogP contribution in [0.25, 0.3) is 0 Å². The number of benzene rings is 1. The number of carbonyl (C=O) groups is 1. The fraction of sp³-hybridized carbons (Fsp3) is 0.312. The van der Waals surface area contributed by atoms with Crippen molar-refractivity contribution in [1.29, 1.82) is 0 Å². The predicted molar refractivity (Wildman–Crippen MR) is 87.5 cm³/mol. The highest BCUT2D eigenvalue weighted by molar-refractivity contribution is 6.31. The van der Waals surface area contributed by atoms with Crippen LogP contribution in [0.2, 0.25) is 5.02 Å². The second kappa shape index (κ2) is 6.75. The van der Waals surface area contributed by atoms with Gasteiger partial charge < -0.3 is 5.32 Å². The summed E-state index contributed by atoms with van der Waals surface area (Å²) in [6, 6.07) is 8.07. The highest BCUT2D eigenvalue weighted by atomic mass is 35.5. The Morgan fingerprint density at radius 3 is 2.73 bits per heavy atom. The third kappa shape index (κ3) is 3.74. The quantitative estimate of drug-likeness (QED) is 0.941. The van der Waals surface area contributed by atoms with Gasteiger partial charge in [0, 0.05) is 23.3 Å². The Morgan fingerprint density at radius 1 is 1.32 bits per heavy atom. The molecule has 0 atom stereocenters. The zero-order chi connectivity index (χ0) is 16.3. The zero-order valence-electron chi connectivity index (χ0n) is 12.8. The van der Waals surface area contributed by atoms with Gasteiger partial charge in [0.05, 0.1) is 0 Å². The van der Waals surface area contributed by atoms with Crippen LogP contribution in [-0.2, 0) is 6.54 Å². The second-order valence-corrected chi connectivity index (χ2v) is 5.91. The van der Waals surface area contributed by atoms with Crippen molar-refractivity contribution in [3.8, 4) is 0 Å². The fourth-order valence-corrected chi connectivity index (χ4v) is 2.15.